The molecule has 110 valence electrons. The largest absolute Gasteiger partial charge is 0.465 e. The van der Waals surface area contributed by atoms with Gasteiger partial charge in [-0.15, -0.1) is 0 Å². The van der Waals surface area contributed by atoms with Crippen LogP contribution in [0.15, 0.2) is 42.5 Å². The Hall–Kier alpha value is -2.37. The molecule has 6 heteroatoms. The normalized spacial score (nSPS) is 11.3. The summed E-state index contributed by atoms with van der Waals surface area (Å²) in [5.74, 6) is -1.68. The Labute approximate surface area is 118 Å². The summed E-state index contributed by atoms with van der Waals surface area (Å²) in [5, 5.41) is 0. The number of rotatable bonds is 2. The number of carbonyl (C=O) groups excluding carboxylic acids is 1. The van der Waals surface area contributed by atoms with Gasteiger partial charge in [-0.05, 0) is 23.8 Å². The maximum atomic E-state index is 14.2. The Kier molecular flexibility index (Phi) is 3.97. The number of esters is 1. The van der Waals surface area contributed by atoms with E-state index in [1.165, 1.54) is 18.2 Å². The van der Waals surface area contributed by atoms with Crippen molar-refractivity contribution in [1.82, 2.24) is 0 Å². The van der Waals surface area contributed by atoms with E-state index in [1.807, 2.05) is 0 Å². The first-order valence-electron chi connectivity index (χ1n) is 5.89. The summed E-state index contributed by atoms with van der Waals surface area (Å²) < 4.78 is 56.1. The molecule has 0 radical (unpaired) electrons. The second-order valence-electron chi connectivity index (χ2n) is 4.23. The molecular formula is C15H10F4O2. The Balaban J connectivity index is 2.45. The molecule has 2 aromatic carbocycles. The Bertz CT molecular complexity index is 660. The van der Waals surface area contributed by atoms with Crippen LogP contribution in [0.2, 0.25) is 0 Å². The first kappa shape index (κ1) is 15.0. The van der Waals surface area contributed by atoms with Crippen molar-refractivity contribution < 1.29 is 27.1 Å². The first-order valence-corrected chi connectivity index (χ1v) is 5.89. The van der Waals surface area contributed by atoms with Gasteiger partial charge >= 0.3 is 12.1 Å². The predicted octanol–water partition coefficient (Wildman–Crippen LogP) is 4.30. The quantitative estimate of drug-likeness (QED) is 0.610. The molecule has 0 atom stereocenters. The summed E-state index contributed by atoms with van der Waals surface area (Å²) >= 11 is 0. The molecular weight excluding hydrogens is 288 g/mol. The van der Waals surface area contributed by atoms with E-state index in [1.54, 1.807) is 0 Å². The van der Waals surface area contributed by atoms with E-state index in [4.69, 9.17) is 0 Å². The SMILES string of the molecule is COC(=O)c1cccc(-c2ccc(C(F)(F)F)cc2)c1F. The van der Waals surface area contributed by atoms with Gasteiger partial charge in [0.2, 0.25) is 0 Å². The smallest absolute Gasteiger partial charge is 0.416 e. The average Bonchev–Trinajstić information content (AvgIpc) is 2.46. The second kappa shape index (κ2) is 5.55. The predicted molar refractivity (Wildman–Crippen MR) is 68.2 cm³/mol. The van der Waals surface area contributed by atoms with Crippen molar-refractivity contribution >= 4 is 5.97 Å². The van der Waals surface area contributed by atoms with Gasteiger partial charge in [0.25, 0.3) is 0 Å². The number of hydrogen-bond acceptors (Lipinski definition) is 2. The van der Waals surface area contributed by atoms with Crippen LogP contribution in [0.1, 0.15) is 15.9 Å². The van der Waals surface area contributed by atoms with E-state index in [2.05, 4.69) is 4.74 Å². The standard InChI is InChI=1S/C15H10F4O2/c1-21-14(20)12-4-2-3-11(13(12)16)9-5-7-10(8-6-9)15(17,18)19/h2-8H,1H3. The van der Waals surface area contributed by atoms with E-state index >= 15 is 0 Å². The van der Waals surface area contributed by atoms with Gasteiger partial charge < -0.3 is 4.74 Å². The number of alkyl halides is 3. The highest BCUT2D eigenvalue weighted by Crippen LogP contribution is 2.32. The van der Waals surface area contributed by atoms with Gasteiger partial charge in [-0.2, -0.15) is 13.2 Å². The van der Waals surface area contributed by atoms with Crippen molar-refractivity contribution in [2.75, 3.05) is 7.11 Å². The molecule has 2 nitrogen and oxygen atoms in total. The molecule has 0 saturated heterocycles. The molecule has 0 amide bonds. The number of methoxy groups -OCH3 is 1. The van der Waals surface area contributed by atoms with Crippen molar-refractivity contribution in [3.8, 4) is 11.1 Å². The van der Waals surface area contributed by atoms with Gasteiger partial charge in [0, 0.05) is 5.56 Å². The molecule has 0 fully saturated rings. The van der Waals surface area contributed by atoms with Gasteiger partial charge in [0.05, 0.1) is 18.2 Å². The van der Waals surface area contributed by atoms with Crippen LogP contribution in [0.25, 0.3) is 11.1 Å². The molecule has 0 bridgehead atoms. The lowest BCUT2D eigenvalue weighted by Crippen LogP contribution is -2.06. The number of ether oxygens (including phenoxy) is 1. The van der Waals surface area contributed by atoms with E-state index in [9.17, 15) is 22.4 Å². The maximum absolute atomic E-state index is 14.2. The minimum atomic E-state index is -4.45. The summed E-state index contributed by atoms with van der Waals surface area (Å²) in [6.45, 7) is 0. The summed E-state index contributed by atoms with van der Waals surface area (Å²) in [7, 11) is 1.12. The van der Waals surface area contributed by atoms with Crippen molar-refractivity contribution in [3.63, 3.8) is 0 Å². The highest BCUT2D eigenvalue weighted by molar-refractivity contribution is 5.91. The zero-order chi connectivity index (χ0) is 15.6. The number of carbonyl (C=O) groups is 1. The zero-order valence-electron chi connectivity index (χ0n) is 10.9. The molecule has 0 heterocycles. The minimum Gasteiger partial charge on any atom is -0.465 e. The molecule has 0 aliphatic rings. The Morgan fingerprint density at radius 2 is 1.67 bits per heavy atom. The van der Waals surface area contributed by atoms with Crippen molar-refractivity contribution in [3.05, 3.63) is 59.4 Å². The molecule has 2 rings (SSSR count). The molecule has 0 aliphatic heterocycles. The summed E-state index contributed by atoms with van der Waals surface area (Å²) in [5.41, 5.74) is -0.816. The maximum Gasteiger partial charge on any atom is 0.416 e. The van der Waals surface area contributed by atoms with Crippen LogP contribution < -0.4 is 0 Å². The van der Waals surface area contributed by atoms with Crippen molar-refractivity contribution in [2.24, 2.45) is 0 Å². The topological polar surface area (TPSA) is 26.3 Å². The molecule has 2 aromatic rings. The average molecular weight is 298 g/mol. The summed E-state index contributed by atoms with van der Waals surface area (Å²) in [4.78, 5) is 11.4. The van der Waals surface area contributed by atoms with Gasteiger partial charge in [-0.25, -0.2) is 9.18 Å². The molecule has 21 heavy (non-hydrogen) atoms. The van der Waals surface area contributed by atoms with Crippen LogP contribution in [-0.4, -0.2) is 13.1 Å². The van der Waals surface area contributed by atoms with Gasteiger partial charge in [0.15, 0.2) is 0 Å². The lowest BCUT2D eigenvalue weighted by Gasteiger charge is -2.09. The van der Waals surface area contributed by atoms with Crippen LogP contribution >= 0.6 is 0 Å². The molecule has 0 aromatic heterocycles. The van der Waals surface area contributed by atoms with E-state index < -0.39 is 23.5 Å². The summed E-state index contributed by atoms with van der Waals surface area (Å²) in [6, 6.07) is 8.09. The highest BCUT2D eigenvalue weighted by Gasteiger charge is 2.30. The van der Waals surface area contributed by atoms with Crippen LogP contribution in [0, 0.1) is 5.82 Å². The van der Waals surface area contributed by atoms with Gasteiger partial charge in [0.1, 0.15) is 5.82 Å². The first-order chi connectivity index (χ1) is 9.84. The fraction of sp³-hybridized carbons (Fsp3) is 0.133. The Morgan fingerprint density at radius 1 is 1.05 bits per heavy atom. The fourth-order valence-corrected chi connectivity index (χ4v) is 1.86. The van der Waals surface area contributed by atoms with Crippen LogP contribution in [-0.2, 0) is 10.9 Å². The Morgan fingerprint density at radius 3 is 2.19 bits per heavy atom. The van der Waals surface area contributed by atoms with Crippen molar-refractivity contribution in [1.29, 1.82) is 0 Å². The van der Waals surface area contributed by atoms with Crippen LogP contribution in [0.4, 0.5) is 17.6 Å². The summed E-state index contributed by atoms with van der Waals surface area (Å²) in [6.07, 6.45) is -4.45. The van der Waals surface area contributed by atoms with E-state index in [0.29, 0.717) is 0 Å². The lowest BCUT2D eigenvalue weighted by molar-refractivity contribution is -0.137. The third kappa shape index (κ3) is 3.04. The zero-order valence-corrected chi connectivity index (χ0v) is 10.9. The molecule has 0 unspecified atom stereocenters. The monoisotopic (exact) mass is 298 g/mol. The van der Waals surface area contributed by atoms with Gasteiger partial charge in [-0.3, -0.25) is 0 Å². The molecule has 0 spiro atoms. The van der Waals surface area contributed by atoms with E-state index in [-0.39, 0.29) is 16.7 Å². The third-order valence-electron chi connectivity index (χ3n) is 2.93. The highest BCUT2D eigenvalue weighted by atomic mass is 19.4. The molecule has 0 aliphatic carbocycles. The second-order valence-corrected chi connectivity index (χ2v) is 4.23. The lowest BCUT2D eigenvalue weighted by atomic mass is 10.0. The molecule has 0 N–H and O–H groups in total. The van der Waals surface area contributed by atoms with Crippen molar-refractivity contribution in [2.45, 2.75) is 6.18 Å². The molecule has 0 saturated carbocycles. The fourth-order valence-electron chi connectivity index (χ4n) is 1.86. The minimum absolute atomic E-state index is 0.0339. The van der Waals surface area contributed by atoms with Crippen LogP contribution in [0.3, 0.4) is 0 Å². The number of hydrogen-bond donors (Lipinski definition) is 0. The number of benzene rings is 2. The van der Waals surface area contributed by atoms with Crippen LogP contribution in [0.5, 0.6) is 0 Å². The van der Waals surface area contributed by atoms with Gasteiger partial charge in [-0.1, -0.05) is 24.3 Å². The van der Waals surface area contributed by atoms with E-state index in [0.717, 1.165) is 31.4 Å². The third-order valence-corrected chi connectivity index (χ3v) is 2.93. The number of halogens is 4.